The van der Waals surface area contributed by atoms with E-state index in [0.29, 0.717) is 16.1 Å². The van der Waals surface area contributed by atoms with Gasteiger partial charge in [-0.15, -0.1) is 0 Å². The molecule has 1 aromatic rings. The fourth-order valence-corrected chi connectivity index (χ4v) is 2.13. The molecule has 120 valence electrons. The number of halogens is 1. The molecule has 0 aliphatic rings. The van der Waals surface area contributed by atoms with Crippen molar-refractivity contribution in [3.63, 3.8) is 0 Å². The van der Waals surface area contributed by atoms with Crippen molar-refractivity contribution >= 4 is 29.4 Å². The number of carbonyl (C=O) groups excluding carboxylic acids is 2. The summed E-state index contributed by atoms with van der Waals surface area (Å²) in [6.45, 7) is 4.75. The van der Waals surface area contributed by atoms with Gasteiger partial charge in [0.1, 0.15) is 6.04 Å². The topological polar surface area (TPSA) is 86.7 Å². The number of nitrogens with zero attached hydrogens (tertiary/aromatic N) is 1. The normalized spacial score (nSPS) is 11.6. The van der Waals surface area contributed by atoms with Crippen molar-refractivity contribution in [3.05, 3.63) is 34.3 Å². The molecule has 0 saturated heterocycles. The predicted molar refractivity (Wildman–Crippen MR) is 83.0 cm³/mol. The molecule has 1 unspecified atom stereocenters. The number of carboxylic acids is 1. The van der Waals surface area contributed by atoms with E-state index in [4.69, 9.17) is 11.6 Å². The smallest absolute Gasteiger partial charge is 0.326 e. The molecule has 0 saturated carbocycles. The Labute approximate surface area is 134 Å². The van der Waals surface area contributed by atoms with Crippen LogP contribution in [0, 0.1) is 6.92 Å². The number of aliphatic carboxylic acids is 1. The molecule has 0 bridgehead atoms. The second-order valence-electron chi connectivity index (χ2n) is 4.91. The maximum atomic E-state index is 12.6. The van der Waals surface area contributed by atoms with Crippen LogP contribution in [0.15, 0.2) is 18.2 Å². The molecule has 1 rings (SSSR count). The quantitative estimate of drug-likeness (QED) is 0.833. The minimum absolute atomic E-state index is 0.0951. The summed E-state index contributed by atoms with van der Waals surface area (Å²) in [5.41, 5.74) is 0.944. The Morgan fingerprint density at radius 2 is 2.00 bits per heavy atom. The van der Waals surface area contributed by atoms with Gasteiger partial charge in [0.15, 0.2) is 0 Å². The lowest BCUT2D eigenvalue weighted by Gasteiger charge is -2.27. The summed E-state index contributed by atoms with van der Waals surface area (Å²) in [5, 5.41) is 12.2. The molecular weight excluding hydrogens is 308 g/mol. The van der Waals surface area contributed by atoms with E-state index in [9.17, 15) is 19.5 Å². The number of carboxylic acid groups (broad SMARTS) is 1. The van der Waals surface area contributed by atoms with Gasteiger partial charge in [-0.3, -0.25) is 9.59 Å². The van der Waals surface area contributed by atoms with Gasteiger partial charge in [-0.05, 0) is 31.5 Å². The highest BCUT2D eigenvalue weighted by Crippen LogP contribution is 2.21. The molecule has 2 amide bonds. The van der Waals surface area contributed by atoms with Crippen molar-refractivity contribution in [2.75, 3.05) is 13.1 Å². The zero-order valence-corrected chi connectivity index (χ0v) is 13.5. The van der Waals surface area contributed by atoms with Crippen molar-refractivity contribution in [1.29, 1.82) is 0 Å². The number of carbonyl (C=O) groups is 3. The number of hydrogen-bond donors (Lipinski definition) is 2. The first-order valence-electron chi connectivity index (χ1n) is 6.79. The molecule has 7 heteroatoms. The van der Waals surface area contributed by atoms with Gasteiger partial charge in [0.05, 0.1) is 0 Å². The molecule has 0 spiro atoms. The molecule has 1 aromatic carbocycles. The Bertz CT molecular complexity index is 589. The summed E-state index contributed by atoms with van der Waals surface area (Å²) >= 11 is 6.01. The third-order valence-corrected chi connectivity index (χ3v) is 3.72. The zero-order valence-electron chi connectivity index (χ0n) is 12.7. The van der Waals surface area contributed by atoms with Crippen molar-refractivity contribution in [3.8, 4) is 0 Å². The van der Waals surface area contributed by atoms with Crippen LogP contribution in [0.25, 0.3) is 0 Å². The molecule has 0 aromatic heterocycles. The van der Waals surface area contributed by atoms with E-state index in [1.54, 1.807) is 25.1 Å². The van der Waals surface area contributed by atoms with E-state index in [1.807, 2.05) is 0 Å². The van der Waals surface area contributed by atoms with E-state index in [0.717, 1.165) is 0 Å². The van der Waals surface area contributed by atoms with E-state index >= 15 is 0 Å². The number of amides is 2. The Kier molecular flexibility index (Phi) is 6.37. The molecule has 22 heavy (non-hydrogen) atoms. The van der Waals surface area contributed by atoms with Gasteiger partial charge < -0.3 is 15.3 Å². The van der Waals surface area contributed by atoms with Gasteiger partial charge in [-0.25, -0.2) is 4.79 Å². The molecule has 6 nitrogen and oxygen atoms in total. The van der Waals surface area contributed by atoms with Crippen molar-refractivity contribution in [2.45, 2.75) is 26.8 Å². The fraction of sp³-hybridized carbons (Fsp3) is 0.400. The highest BCUT2D eigenvalue weighted by atomic mass is 35.5. The van der Waals surface area contributed by atoms with Crippen LogP contribution in [0.3, 0.4) is 0 Å². The van der Waals surface area contributed by atoms with E-state index in [-0.39, 0.29) is 19.0 Å². The van der Waals surface area contributed by atoms with Crippen LogP contribution >= 0.6 is 11.6 Å². The van der Waals surface area contributed by atoms with Crippen molar-refractivity contribution in [2.24, 2.45) is 0 Å². The summed E-state index contributed by atoms with van der Waals surface area (Å²) in [6.07, 6.45) is 0. The van der Waals surface area contributed by atoms with E-state index in [1.165, 1.54) is 18.7 Å². The zero-order chi connectivity index (χ0) is 16.9. The Morgan fingerprint density at radius 1 is 1.36 bits per heavy atom. The summed E-state index contributed by atoms with van der Waals surface area (Å²) in [6, 6.07) is 3.89. The number of hydrogen-bond acceptors (Lipinski definition) is 3. The van der Waals surface area contributed by atoms with Crippen LogP contribution in [0.4, 0.5) is 0 Å². The average molecular weight is 327 g/mol. The Balaban J connectivity index is 3.03. The number of benzene rings is 1. The van der Waals surface area contributed by atoms with Crippen LogP contribution in [0.5, 0.6) is 0 Å². The number of nitrogens with one attached hydrogen (secondary N) is 1. The molecule has 1 atom stereocenters. The third-order valence-electron chi connectivity index (χ3n) is 3.31. The minimum Gasteiger partial charge on any atom is -0.480 e. The highest BCUT2D eigenvalue weighted by molar-refractivity contribution is 6.31. The first kappa shape index (κ1) is 18.0. The van der Waals surface area contributed by atoms with Crippen LogP contribution < -0.4 is 5.32 Å². The molecule has 0 aliphatic carbocycles. The predicted octanol–water partition coefficient (Wildman–Crippen LogP) is 1.70. The van der Waals surface area contributed by atoms with E-state index in [2.05, 4.69) is 5.32 Å². The fourth-order valence-electron chi connectivity index (χ4n) is 1.95. The largest absolute Gasteiger partial charge is 0.480 e. The van der Waals surface area contributed by atoms with Crippen LogP contribution in [-0.4, -0.2) is 46.9 Å². The van der Waals surface area contributed by atoms with Gasteiger partial charge in [-0.1, -0.05) is 17.7 Å². The van der Waals surface area contributed by atoms with Crippen LogP contribution in [0.1, 0.15) is 29.8 Å². The van der Waals surface area contributed by atoms with Gasteiger partial charge in [0, 0.05) is 30.6 Å². The van der Waals surface area contributed by atoms with E-state index < -0.39 is 17.9 Å². The Hall–Kier alpha value is -2.08. The highest BCUT2D eigenvalue weighted by Gasteiger charge is 2.27. The van der Waals surface area contributed by atoms with Crippen molar-refractivity contribution in [1.82, 2.24) is 10.2 Å². The first-order valence-corrected chi connectivity index (χ1v) is 7.16. The van der Waals surface area contributed by atoms with Crippen LogP contribution in [-0.2, 0) is 9.59 Å². The summed E-state index contributed by atoms with van der Waals surface area (Å²) in [7, 11) is 0. The van der Waals surface area contributed by atoms with Gasteiger partial charge in [0.25, 0.3) is 5.91 Å². The Morgan fingerprint density at radius 3 is 2.55 bits per heavy atom. The molecule has 2 N–H and O–H groups in total. The maximum Gasteiger partial charge on any atom is 0.326 e. The summed E-state index contributed by atoms with van der Waals surface area (Å²) in [4.78, 5) is 36.0. The second-order valence-corrected chi connectivity index (χ2v) is 5.32. The molecule has 0 aliphatic heterocycles. The summed E-state index contributed by atoms with van der Waals surface area (Å²) < 4.78 is 0. The minimum atomic E-state index is -1.11. The van der Waals surface area contributed by atoms with Gasteiger partial charge in [0.2, 0.25) is 5.91 Å². The number of rotatable bonds is 6. The lowest BCUT2D eigenvalue weighted by molar-refractivity contribution is -0.141. The van der Waals surface area contributed by atoms with Crippen LogP contribution in [0.2, 0.25) is 5.02 Å². The lowest BCUT2D eigenvalue weighted by Crippen LogP contribution is -2.46. The SMILES string of the molecule is CC(=O)NCCN(C(=O)c1cccc(Cl)c1C)C(C)C(=O)O. The standard InChI is InChI=1S/C15H19ClN2O4/c1-9-12(5-4-6-13(9)16)14(20)18(10(2)15(21)22)8-7-17-11(3)19/h4-6,10H,7-8H2,1-3H3,(H,17,19)(H,21,22). The van der Waals surface area contributed by atoms with Gasteiger partial charge in [-0.2, -0.15) is 0 Å². The van der Waals surface area contributed by atoms with Gasteiger partial charge >= 0.3 is 5.97 Å². The monoisotopic (exact) mass is 326 g/mol. The average Bonchev–Trinajstić information content (AvgIpc) is 2.45. The maximum absolute atomic E-state index is 12.6. The third kappa shape index (κ3) is 4.46. The van der Waals surface area contributed by atoms with Crippen molar-refractivity contribution < 1.29 is 19.5 Å². The molecule has 0 fully saturated rings. The molecular formula is C15H19ClN2O4. The first-order chi connectivity index (χ1) is 10.3. The molecule has 0 radical (unpaired) electrons. The molecule has 0 heterocycles. The second kappa shape index (κ2) is 7.79. The summed E-state index contributed by atoms with van der Waals surface area (Å²) in [5.74, 6) is -1.79. The lowest BCUT2D eigenvalue weighted by atomic mass is 10.1.